The number of carbonyl (C=O) groups excluding carboxylic acids is 1. The smallest absolute Gasteiger partial charge is 0.224 e. The van der Waals surface area contributed by atoms with Crippen molar-refractivity contribution in [3.63, 3.8) is 0 Å². The Morgan fingerprint density at radius 3 is 2.52 bits per heavy atom. The number of aryl methyl sites for hydroxylation is 1. The summed E-state index contributed by atoms with van der Waals surface area (Å²) in [5.74, 6) is 1.43. The van der Waals surface area contributed by atoms with Crippen LogP contribution in [-0.4, -0.2) is 18.6 Å². The van der Waals surface area contributed by atoms with Gasteiger partial charge in [0.25, 0.3) is 0 Å². The predicted molar refractivity (Wildman–Crippen MR) is 109 cm³/mol. The number of ether oxygens (including phenoxy) is 2. The van der Waals surface area contributed by atoms with Crippen LogP contribution in [0.4, 0.5) is 5.69 Å². The van der Waals surface area contributed by atoms with Crippen molar-refractivity contribution >= 4 is 11.6 Å². The number of rotatable bonds is 5. The van der Waals surface area contributed by atoms with Crippen molar-refractivity contribution in [3.05, 3.63) is 53.6 Å². The highest BCUT2D eigenvalue weighted by molar-refractivity contribution is 5.91. The van der Waals surface area contributed by atoms with Crippen molar-refractivity contribution in [3.8, 4) is 11.5 Å². The Hall–Kier alpha value is -2.49. The lowest BCUT2D eigenvalue weighted by Gasteiger charge is -2.26. The zero-order valence-corrected chi connectivity index (χ0v) is 16.7. The number of hydrogen-bond donors (Lipinski definition) is 1. The van der Waals surface area contributed by atoms with E-state index >= 15 is 0 Å². The molecule has 1 N–H and O–H groups in total. The van der Waals surface area contributed by atoms with Crippen LogP contribution in [0, 0.1) is 0 Å². The quantitative estimate of drug-likeness (QED) is 0.799. The molecule has 0 spiro atoms. The van der Waals surface area contributed by atoms with Crippen molar-refractivity contribution in [2.24, 2.45) is 0 Å². The fraction of sp³-hybridized carbons (Fsp3) is 0.435. The fourth-order valence-corrected chi connectivity index (χ4v) is 3.05. The van der Waals surface area contributed by atoms with Crippen molar-refractivity contribution in [2.75, 3.05) is 11.9 Å². The second-order valence-electron chi connectivity index (χ2n) is 8.12. The Balaban J connectivity index is 1.54. The molecule has 0 bridgehead atoms. The largest absolute Gasteiger partial charge is 0.486 e. The number of hydrogen-bond acceptors (Lipinski definition) is 3. The standard InChI is InChI=1S/C23H29NO3/c1-5-19-15-26-21-14-18(11-12-20(21)27-19)24-22(25)13-8-16-6-9-17(10-7-16)23(2,3)4/h6-7,9-12,14,19H,5,8,13,15H2,1-4H3,(H,24,25)/t19-/m1/s1. The molecule has 3 rings (SSSR count). The summed E-state index contributed by atoms with van der Waals surface area (Å²) in [6.45, 7) is 9.22. The molecule has 2 aromatic rings. The Kier molecular flexibility index (Phi) is 5.73. The topological polar surface area (TPSA) is 47.6 Å². The Bertz CT molecular complexity index is 790. The minimum Gasteiger partial charge on any atom is -0.486 e. The molecule has 0 aliphatic carbocycles. The molecule has 1 heterocycles. The van der Waals surface area contributed by atoms with Gasteiger partial charge in [-0.25, -0.2) is 0 Å². The van der Waals surface area contributed by atoms with Gasteiger partial charge >= 0.3 is 0 Å². The molecule has 2 aromatic carbocycles. The van der Waals surface area contributed by atoms with E-state index in [0.29, 0.717) is 18.8 Å². The highest BCUT2D eigenvalue weighted by atomic mass is 16.6. The third-order valence-corrected chi connectivity index (χ3v) is 4.86. The minimum absolute atomic E-state index is 0.00184. The van der Waals surface area contributed by atoms with E-state index in [1.165, 1.54) is 11.1 Å². The molecule has 0 fully saturated rings. The van der Waals surface area contributed by atoms with Gasteiger partial charge in [-0.15, -0.1) is 0 Å². The average Bonchev–Trinajstić information content (AvgIpc) is 2.65. The van der Waals surface area contributed by atoms with Crippen molar-refractivity contribution < 1.29 is 14.3 Å². The first-order chi connectivity index (χ1) is 12.8. The predicted octanol–water partition coefficient (Wildman–Crippen LogP) is 5.11. The molecule has 0 saturated carbocycles. The van der Waals surface area contributed by atoms with E-state index in [2.05, 4.69) is 57.3 Å². The fourth-order valence-electron chi connectivity index (χ4n) is 3.05. The van der Waals surface area contributed by atoms with Crippen LogP contribution in [-0.2, 0) is 16.6 Å². The Labute approximate surface area is 161 Å². The average molecular weight is 367 g/mol. The molecule has 1 aliphatic rings. The summed E-state index contributed by atoms with van der Waals surface area (Å²) in [4.78, 5) is 12.3. The van der Waals surface area contributed by atoms with Crippen molar-refractivity contribution in [1.29, 1.82) is 0 Å². The van der Waals surface area contributed by atoms with Crippen LogP contribution >= 0.6 is 0 Å². The van der Waals surface area contributed by atoms with Crippen molar-refractivity contribution in [2.45, 2.75) is 58.5 Å². The van der Waals surface area contributed by atoms with Gasteiger partial charge < -0.3 is 14.8 Å². The second-order valence-corrected chi connectivity index (χ2v) is 8.12. The lowest BCUT2D eigenvalue weighted by molar-refractivity contribution is -0.116. The zero-order chi connectivity index (χ0) is 19.4. The normalized spacial score (nSPS) is 16.1. The van der Waals surface area contributed by atoms with E-state index in [0.717, 1.165) is 24.3 Å². The number of anilines is 1. The van der Waals surface area contributed by atoms with Gasteiger partial charge in [-0.05, 0) is 41.5 Å². The molecular formula is C23H29NO3. The highest BCUT2D eigenvalue weighted by Gasteiger charge is 2.20. The monoisotopic (exact) mass is 367 g/mol. The lowest BCUT2D eigenvalue weighted by Crippen LogP contribution is -2.28. The first-order valence-electron chi connectivity index (χ1n) is 9.68. The van der Waals surface area contributed by atoms with Gasteiger partial charge in [-0.2, -0.15) is 0 Å². The van der Waals surface area contributed by atoms with Gasteiger partial charge in [0.2, 0.25) is 5.91 Å². The van der Waals surface area contributed by atoms with Gasteiger partial charge in [0.05, 0.1) is 0 Å². The molecule has 4 heteroatoms. The van der Waals surface area contributed by atoms with Gasteiger partial charge in [0.1, 0.15) is 12.7 Å². The summed E-state index contributed by atoms with van der Waals surface area (Å²) in [6, 6.07) is 14.1. The third-order valence-electron chi connectivity index (χ3n) is 4.86. The van der Waals surface area contributed by atoms with E-state index in [-0.39, 0.29) is 17.4 Å². The number of carbonyl (C=O) groups is 1. The van der Waals surface area contributed by atoms with Crippen LogP contribution < -0.4 is 14.8 Å². The minimum atomic E-state index is -0.00184. The van der Waals surface area contributed by atoms with Crippen LogP contribution in [0.3, 0.4) is 0 Å². The molecule has 4 nitrogen and oxygen atoms in total. The summed E-state index contributed by atoms with van der Waals surface area (Å²) >= 11 is 0. The van der Waals surface area contributed by atoms with Gasteiger partial charge in [-0.3, -0.25) is 4.79 Å². The van der Waals surface area contributed by atoms with E-state index in [9.17, 15) is 4.79 Å². The Morgan fingerprint density at radius 1 is 1.11 bits per heavy atom. The SMILES string of the molecule is CC[C@@H]1COc2cc(NC(=O)CCc3ccc(C(C)(C)C)cc3)ccc2O1. The summed E-state index contributed by atoms with van der Waals surface area (Å²) < 4.78 is 11.6. The molecule has 0 saturated heterocycles. The van der Waals surface area contributed by atoms with Crippen LogP contribution in [0.15, 0.2) is 42.5 Å². The van der Waals surface area contributed by atoms with Gasteiger partial charge in [0.15, 0.2) is 11.5 Å². The van der Waals surface area contributed by atoms with E-state index < -0.39 is 0 Å². The van der Waals surface area contributed by atoms with E-state index in [4.69, 9.17) is 9.47 Å². The number of benzene rings is 2. The van der Waals surface area contributed by atoms with E-state index in [1.807, 2.05) is 18.2 Å². The van der Waals surface area contributed by atoms with Crippen LogP contribution in [0.25, 0.3) is 0 Å². The number of nitrogens with one attached hydrogen (secondary N) is 1. The van der Waals surface area contributed by atoms with E-state index in [1.54, 1.807) is 0 Å². The molecule has 0 aromatic heterocycles. The maximum absolute atomic E-state index is 12.3. The molecule has 1 amide bonds. The second kappa shape index (κ2) is 8.03. The molecule has 1 atom stereocenters. The molecule has 27 heavy (non-hydrogen) atoms. The number of amides is 1. The third kappa shape index (κ3) is 5.03. The van der Waals surface area contributed by atoms with Crippen molar-refractivity contribution in [1.82, 2.24) is 0 Å². The summed E-state index contributed by atoms with van der Waals surface area (Å²) in [6.07, 6.45) is 2.18. The maximum Gasteiger partial charge on any atom is 0.224 e. The summed E-state index contributed by atoms with van der Waals surface area (Å²) in [5.41, 5.74) is 3.36. The molecule has 144 valence electrons. The first kappa shape index (κ1) is 19.3. The Morgan fingerprint density at radius 2 is 1.85 bits per heavy atom. The van der Waals surface area contributed by atoms with Gasteiger partial charge in [0, 0.05) is 18.2 Å². The number of fused-ring (bicyclic) bond motifs is 1. The summed E-state index contributed by atoms with van der Waals surface area (Å²) in [5, 5.41) is 2.95. The first-order valence-corrected chi connectivity index (χ1v) is 9.68. The molecular weight excluding hydrogens is 338 g/mol. The molecule has 0 unspecified atom stereocenters. The molecule has 0 radical (unpaired) electrons. The van der Waals surface area contributed by atoms with Crippen LogP contribution in [0.2, 0.25) is 0 Å². The summed E-state index contributed by atoms with van der Waals surface area (Å²) in [7, 11) is 0. The zero-order valence-electron chi connectivity index (χ0n) is 16.7. The lowest BCUT2D eigenvalue weighted by atomic mass is 9.86. The van der Waals surface area contributed by atoms with Crippen LogP contribution in [0.5, 0.6) is 11.5 Å². The van der Waals surface area contributed by atoms with Gasteiger partial charge in [-0.1, -0.05) is 52.0 Å². The molecule has 1 aliphatic heterocycles. The highest BCUT2D eigenvalue weighted by Crippen LogP contribution is 2.34. The van der Waals surface area contributed by atoms with Crippen LogP contribution in [0.1, 0.15) is 51.7 Å². The maximum atomic E-state index is 12.3.